The van der Waals surface area contributed by atoms with E-state index in [1.165, 1.54) is 0 Å². The van der Waals surface area contributed by atoms with Gasteiger partial charge in [0, 0.05) is 30.9 Å². The van der Waals surface area contributed by atoms with Crippen LogP contribution >= 0.6 is 0 Å². The molecule has 35 heavy (non-hydrogen) atoms. The predicted molar refractivity (Wildman–Crippen MR) is 138 cm³/mol. The fraction of sp³-hybridized carbons (Fsp3) is 0.240. The zero-order valence-corrected chi connectivity index (χ0v) is 21.3. The molecule has 10 heteroatoms. The summed E-state index contributed by atoms with van der Waals surface area (Å²) in [6.07, 6.45) is 7.03. The van der Waals surface area contributed by atoms with Gasteiger partial charge in [0.2, 0.25) is 0 Å². The third-order valence-corrected chi connectivity index (χ3v) is 7.34. The summed E-state index contributed by atoms with van der Waals surface area (Å²) < 4.78 is 67.8. The number of anilines is 1. The highest BCUT2D eigenvalue weighted by molar-refractivity contribution is 7.86. The number of nitrogens with zero attached hydrogens (tertiary/aromatic N) is 2. The first-order valence-electron chi connectivity index (χ1n) is 11.1. The molecule has 1 aliphatic carbocycles. The van der Waals surface area contributed by atoms with Crippen LogP contribution in [-0.2, 0) is 20.2 Å². The normalized spacial score (nSPS) is 13.7. The minimum Gasteiger partial charge on any atom is -0.372 e. The molecule has 2 aromatic rings. The lowest BCUT2D eigenvalue weighted by molar-refractivity contribution is 0.478. The van der Waals surface area contributed by atoms with Gasteiger partial charge in [-0.1, -0.05) is 24.3 Å². The Balaban J connectivity index is 2.35. The summed E-state index contributed by atoms with van der Waals surface area (Å²) in [5, 5.41) is 0. The number of hydrogen-bond donors (Lipinski definition) is 2. The van der Waals surface area contributed by atoms with Gasteiger partial charge in [0.25, 0.3) is 20.2 Å². The van der Waals surface area contributed by atoms with Crippen molar-refractivity contribution in [1.29, 1.82) is 0 Å². The van der Waals surface area contributed by atoms with Gasteiger partial charge < -0.3 is 4.90 Å². The Morgan fingerprint density at radius 1 is 0.829 bits per heavy atom. The van der Waals surface area contributed by atoms with Gasteiger partial charge in [0.15, 0.2) is 0 Å². The number of benzene rings is 2. The van der Waals surface area contributed by atoms with Crippen LogP contribution in [0.2, 0.25) is 0 Å². The zero-order chi connectivity index (χ0) is 25.8. The van der Waals surface area contributed by atoms with E-state index in [4.69, 9.17) is 0 Å². The van der Waals surface area contributed by atoms with Gasteiger partial charge in [-0.25, -0.2) is 0 Å². The average Bonchev–Trinajstić information content (AvgIpc) is 2.81. The van der Waals surface area contributed by atoms with Crippen LogP contribution in [0.5, 0.6) is 0 Å². The molecule has 8 nitrogen and oxygen atoms in total. The van der Waals surface area contributed by atoms with Gasteiger partial charge in [-0.3, -0.25) is 14.1 Å². The quantitative estimate of drug-likeness (QED) is 0.498. The lowest BCUT2D eigenvalue weighted by Crippen LogP contribution is -2.21. The highest BCUT2D eigenvalue weighted by atomic mass is 32.2. The molecule has 0 aromatic heterocycles. The second-order valence-corrected chi connectivity index (χ2v) is 10.5. The Labute approximate surface area is 206 Å². The lowest BCUT2D eigenvalue weighted by atomic mass is 9.90. The molecular formula is C25H28N2O6S2. The van der Waals surface area contributed by atoms with Crippen molar-refractivity contribution in [2.75, 3.05) is 24.5 Å². The number of aliphatic imine (C=N–C) groups is 1. The van der Waals surface area contributed by atoms with E-state index in [0.29, 0.717) is 23.3 Å². The van der Waals surface area contributed by atoms with Crippen LogP contribution in [0.4, 0.5) is 5.69 Å². The van der Waals surface area contributed by atoms with Gasteiger partial charge in [-0.05, 0) is 80.0 Å². The molecule has 0 saturated carbocycles. The van der Waals surface area contributed by atoms with Crippen molar-refractivity contribution >= 4 is 37.2 Å². The topological polar surface area (TPSA) is 124 Å². The Bertz CT molecular complexity index is 1410. The van der Waals surface area contributed by atoms with Crippen LogP contribution in [0.15, 0.2) is 87.1 Å². The van der Waals surface area contributed by atoms with Crippen molar-refractivity contribution in [1.82, 2.24) is 0 Å². The van der Waals surface area contributed by atoms with Gasteiger partial charge in [-0.2, -0.15) is 16.8 Å². The van der Waals surface area contributed by atoms with Crippen LogP contribution in [-0.4, -0.2) is 51.3 Å². The summed E-state index contributed by atoms with van der Waals surface area (Å²) in [7, 11) is -9.36. The third kappa shape index (κ3) is 6.15. The van der Waals surface area contributed by atoms with Crippen LogP contribution in [0.3, 0.4) is 0 Å². The molecule has 1 aliphatic rings. The maximum atomic E-state index is 12.3. The molecule has 0 spiro atoms. The molecule has 0 amide bonds. The Hall–Kier alpha value is -3.05. The molecular weight excluding hydrogens is 488 g/mol. The molecule has 2 aromatic carbocycles. The summed E-state index contributed by atoms with van der Waals surface area (Å²) in [4.78, 5) is 5.52. The van der Waals surface area contributed by atoms with Gasteiger partial charge in [0.05, 0.1) is 10.6 Å². The standard InChI is InChI=1S/C25H28N2O6S2/c1-4-26-20-11-7-18(8-12-20)25(19-9-13-21(14-10-19)27(5-2)6-3)23-17-22(34(28,29)30)15-16-24(23)35(31,32)33/h7-17H,4-6H2,1-3H3,(H,28,29,30)(H,31,32,33). The van der Waals surface area contributed by atoms with Crippen LogP contribution < -0.4 is 4.90 Å². The summed E-state index contributed by atoms with van der Waals surface area (Å²) in [5.41, 5.74) is 3.19. The van der Waals surface area contributed by atoms with Gasteiger partial charge >= 0.3 is 0 Å². The molecule has 0 heterocycles. The first-order chi connectivity index (χ1) is 16.5. The highest BCUT2D eigenvalue weighted by Crippen LogP contribution is 2.36. The molecule has 0 radical (unpaired) electrons. The molecule has 0 fully saturated rings. The monoisotopic (exact) mass is 516 g/mol. The smallest absolute Gasteiger partial charge is 0.295 e. The Morgan fingerprint density at radius 2 is 1.43 bits per heavy atom. The number of rotatable bonds is 8. The van der Waals surface area contributed by atoms with Gasteiger partial charge in [-0.15, -0.1) is 0 Å². The fourth-order valence-electron chi connectivity index (χ4n) is 3.91. The second kappa shape index (κ2) is 10.7. The first kappa shape index (κ1) is 26.6. The maximum Gasteiger partial charge on any atom is 0.295 e. The Morgan fingerprint density at radius 3 is 1.91 bits per heavy atom. The third-order valence-electron chi connectivity index (χ3n) is 5.58. The van der Waals surface area contributed by atoms with Crippen molar-refractivity contribution in [2.45, 2.75) is 30.6 Å². The van der Waals surface area contributed by atoms with Gasteiger partial charge in [0.1, 0.15) is 4.90 Å². The molecule has 0 aliphatic heterocycles. The van der Waals surface area contributed by atoms with Crippen LogP contribution in [0.1, 0.15) is 31.9 Å². The summed E-state index contributed by atoms with van der Waals surface area (Å²) in [5.74, 6) is 0. The maximum absolute atomic E-state index is 12.3. The summed E-state index contributed by atoms with van der Waals surface area (Å²) >= 11 is 0. The number of allylic oxidation sites excluding steroid dienone is 5. The highest BCUT2D eigenvalue weighted by Gasteiger charge is 2.24. The minimum atomic E-state index is -4.73. The van der Waals surface area contributed by atoms with Crippen molar-refractivity contribution in [2.24, 2.45) is 4.99 Å². The SMILES string of the molecule is CCN=C1C=CC(=C(c2ccc(N(CC)CC)cc2)c2cc(S(=O)(=O)O)ccc2S(=O)(=O)O)C=C1. The molecule has 0 atom stereocenters. The van der Waals surface area contributed by atoms with E-state index in [0.717, 1.165) is 42.7 Å². The fourth-order valence-corrected chi connectivity index (χ4v) is 5.10. The summed E-state index contributed by atoms with van der Waals surface area (Å²) in [6.45, 7) is 8.18. The van der Waals surface area contributed by atoms with E-state index in [-0.39, 0.29) is 5.56 Å². The summed E-state index contributed by atoms with van der Waals surface area (Å²) in [6, 6.07) is 10.4. The van der Waals surface area contributed by atoms with E-state index in [9.17, 15) is 25.9 Å². The minimum absolute atomic E-state index is 0.0570. The molecule has 2 N–H and O–H groups in total. The average molecular weight is 517 g/mol. The zero-order valence-electron chi connectivity index (χ0n) is 19.7. The van der Waals surface area contributed by atoms with Crippen molar-refractivity contribution < 1.29 is 25.9 Å². The van der Waals surface area contributed by atoms with Crippen LogP contribution in [0, 0.1) is 0 Å². The predicted octanol–water partition coefficient (Wildman–Crippen LogP) is 4.42. The molecule has 0 bridgehead atoms. The molecule has 0 saturated heterocycles. The Kier molecular flexibility index (Phi) is 8.11. The van der Waals surface area contributed by atoms with E-state index in [1.807, 2.05) is 32.9 Å². The molecule has 186 valence electrons. The molecule has 0 unspecified atom stereocenters. The molecule has 3 rings (SSSR count). The first-order valence-corrected chi connectivity index (χ1v) is 14.0. The van der Waals surface area contributed by atoms with E-state index >= 15 is 0 Å². The second-order valence-electron chi connectivity index (χ2n) is 7.72. The van der Waals surface area contributed by atoms with E-state index in [2.05, 4.69) is 9.89 Å². The van der Waals surface area contributed by atoms with E-state index < -0.39 is 30.0 Å². The number of hydrogen-bond acceptors (Lipinski definition) is 6. The van der Waals surface area contributed by atoms with Crippen molar-refractivity contribution in [3.8, 4) is 0 Å². The van der Waals surface area contributed by atoms with Crippen molar-refractivity contribution in [3.63, 3.8) is 0 Å². The van der Waals surface area contributed by atoms with E-state index in [1.54, 1.807) is 36.4 Å². The largest absolute Gasteiger partial charge is 0.372 e. The van der Waals surface area contributed by atoms with Crippen LogP contribution in [0.25, 0.3) is 5.57 Å². The lowest BCUT2D eigenvalue weighted by Gasteiger charge is -2.22. The van der Waals surface area contributed by atoms with Crippen molar-refractivity contribution in [3.05, 3.63) is 83.5 Å².